The second-order valence-corrected chi connectivity index (χ2v) is 2.33. The molecule has 14 heavy (non-hydrogen) atoms. The van der Waals surface area contributed by atoms with Gasteiger partial charge in [0.15, 0.2) is 6.10 Å². The van der Waals surface area contributed by atoms with Crippen LogP contribution in [0.4, 0.5) is 8.78 Å². The van der Waals surface area contributed by atoms with E-state index in [9.17, 15) is 8.78 Å². The van der Waals surface area contributed by atoms with Crippen LogP contribution in [0.2, 0.25) is 0 Å². The van der Waals surface area contributed by atoms with E-state index in [-0.39, 0.29) is 21.7 Å². The van der Waals surface area contributed by atoms with Gasteiger partial charge in [0.05, 0.1) is 6.61 Å². The molecule has 0 spiro atoms. The summed E-state index contributed by atoms with van der Waals surface area (Å²) in [4.78, 5) is 0. The maximum Gasteiger partial charge on any atom is 0.325 e. The zero-order valence-corrected chi connectivity index (χ0v) is 10.2. The normalized spacial score (nSPS) is 33.9. The molecule has 9 heteroatoms. The summed E-state index contributed by atoms with van der Waals surface area (Å²) in [5.41, 5.74) is 0. The van der Waals surface area contributed by atoms with Crippen molar-refractivity contribution in [2.75, 3.05) is 6.61 Å². The maximum absolute atomic E-state index is 12.4. The molecule has 0 aromatic carbocycles. The molecule has 1 unspecified atom stereocenters. The number of ether oxygens (including phenoxy) is 1. The van der Waals surface area contributed by atoms with Crippen molar-refractivity contribution < 1.29 is 50.6 Å². The topological polar surface area (TPSA) is 69.9 Å². The van der Waals surface area contributed by atoms with Crippen LogP contribution in [0, 0.1) is 0 Å². The van der Waals surface area contributed by atoms with Crippen LogP contribution in [0.1, 0.15) is 0 Å². The molecule has 0 radical (unpaired) electrons. The fourth-order valence-electron chi connectivity index (χ4n) is 0.868. The van der Waals surface area contributed by atoms with Crippen molar-refractivity contribution in [3.8, 4) is 0 Å². The minimum absolute atomic E-state index is 0. The number of hydrogen-bond acceptors (Lipinski definition) is 5. The van der Waals surface area contributed by atoms with Crippen LogP contribution in [0.5, 0.6) is 0 Å². The molecule has 3 N–H and O–H groups in total. The molecule has 1 fully saturated rings. The van der Waals surface area contributed by atoms with Gasteiger partial charge in [-0.1, -0.05) is 11.8 Å². The quantitative estimate of drug-likeness (QED) is 0.437. The van der Waals surface area contributed by atoms with Gasteiger partial charge in [0.25, 0.3) is 0 Å². The Labute approximate surface area is 101 Å². The first-order chi connectivity index (χ1) is 6.00. The monoisotopic (exact) mass is 282 g/mol. The Hall–Kier alpha value is 0.934. The van der Waals surface area contributed by atoms with Gasteiger partial charge < -0.3 is 20.1 Å². The average Bonchev–Trinajstić information content (AvgIpc) is 2.32. The van der Waals surface area contributed by atoms with Gasteiger partial charge in [0.2, 0.25) is 6.29 Å². The van der Waals surface area contributed by atoms with E-state index in [0.717, 1.165) is 0 Å². The smallest absolute Gasteiger partial charge is 0.325 e. The van der Waals surface area contributed by atoms with Crippen LogP contribution >= 0.6 is 8.02 Å². The van der Waals surface area contributed by atoms with Crippen molar-refractivity contribution in [1.82, 2.24) is 0 Å². The Bertz CT molecular complexity index is 178. The van der Waals surface area contributed by atoms with Crippen LogP contribution < -0.4 is 0 Å². The molecule has 1 aliphatic rings. The second kappa shape index (κ2) is 7.25. The van der Waals surface area contributed by atoms with Gasteiger partial charge in [-0.15, -0.1) is 0 Å². The summed E-state index contributed by atoms with van der Waals surface area (Å²) in [5, 5.41) is 25.5. The van der Waals surface area contributed by atoms with Crippen molar-refractivity contribution in [2.45, 2.75) is 24.4 Å². The zero-order valence-electron chi connectivity index (χ0n) is 6.85. The summed E-state index contributed by atoms with van der Waals surface area (Å²) in [6, 6.07) is 0. The molecule has 0 aliphatic carbocycles. The van der Waals surface area contributed by atoms with Gasteiger partial charge >= 0.3 is 5.92 Å². The molecular weight excluding hydrogens is 273 g/mol. The summed E-state index contributed by atoms with van der Waals surface area (Å²) < 4.78 is 29.0. The molecule has 1 saturated heterocycles. The largest absolute Gasteiger partial charge is 0.394 e. The number of rotatable bonds is 1. The van der Waals surface area contributed by atoms with Crippen LogP contribution in [0.25, 0.3) is 0 Å². The van der Waals surface area contributed by atoms with Crippen LogP contribution in [0.3, 0.4) is 0 Å². The molecule has 0 saturated carbocycles. The Kier molecular flexibility index (Phi) is 8.97. The Morgan fingerprint density at radius 1 is 1.36 bits per heavy atom. The molecule has 1 aliphatic heterocycles. The molecule has 1 rings (SSSR count). The van der Waals surface area contributed by atoms with Gasteiger partial charge in [0, 0.05) is 21.7 Å². The zero-order chi connectivity index (χ0) is 10.6. The summed E-state index contributed by atoms with van der Waals surface area (Å²) in [5.74, 6) is -3.69. The molecule has 0 aromatic rings. The van der Waals surface area contributed by atoms with Crippen LogP contribution in [-0.4, -0.2) is 46.3 Å². The molecule has 0 bridgehead atoms. The van der Waals surface area contributed by atoms with E-state index in [2.05, 4.69) is 24.6 Å². The standard InChI is InChI=1S/C5H8F2O4.HPS.Ti/c6-5(7)3(9)2(1-8)11-4(5)10;1-2;/h2-4,8-10H,1H2;1H;/t2-,3-,4?;;/m1../s1. The Morgan fingerprint density at radius 3 is 1.93 bits per heavy atom. The van der Waals surface area contributed by atoms with Gasteiger partial charge in [-0.3, -0.25) is 0 Å². The molecule has 3 atom stereocenters. The maximum atomic E-state index is 12.4. The van der Waals surface area contributed by atoms with E-state index in [0.29, 0.717) is 0 Å². The summed E-state index contributed by atoms with van der Waals surface area (Å²) in [6.07, 6.45) is -5.86. The number of aliphatic hydroxyl groups excluding tert-OH is 3. The van der Waals surface area contributed by atoms with E-state index in [1.54, 1.807) is 0 Å². The summed E-state index contributed by atoms with van der Waals surface area (Å²) >= 11 is 3.89. The first kappa shape index (κ1) is 17.3. The summed E-state index contributed by atoms with van der Waals surface area (Å²) in [7, 11) is 2.56. The number of halogens is 2. The van der Waals surface area contributed by atoms with Gasteiger partial charge in [-0.2, -0.15) is 8.78 Å². The third-order valence-corrected chi connectivity index (χ3v) is 1.56. The van der Waals surface area contributed by atoms with Gasteiger partial charge in [-0.25, -0.2) is 0 Å². The second-order valence-electron chi connectivity index (χ2n) is 2.33. The third-order valence-electron chi connectivity index (χ3n) is 1.56. The van der Waals surface area contributed by atoms with Crippen molar-refractivity contribution in [3.05, 3.63) is 0 Å². The predicted octanol–water partition coefficient (Wildman–Crippen LogP) is -0.719. The minimum Gasteiger partial charge on any atom is -0.394 e. The van der Waals surface area contributed by atoms with Gasteiger partial charge in [-0.05, 0) is 8.02 Å². The van der Waals surface area contributed by atoms with Crippen molar-refractivity contribution in [2.24, 2.45) is 0 Å². The van der Waals surface area contributed by atoms with Gasteiger partial charge in [0.1, 0.15) is 6.10 Å². The SMILES string of the molecule is OC[C@H]1OC(O)C(F)(F)[C@@H]1O.P=S.[Ti]. The van der Waals surface area contributed by atoms with E-state index in [1.807, 2.05) is 0 Å². The number of aliphatic hydroxyl groups is 3. The first-order valence-corrected chi connectivity index (χ1v) is 4.84. The third kappa shape index (κ3) is 3.50. The first-order valence-electron chi connectivity index (χ1n) is 3.21. The van der Waals surface area contributed by atoms with E-state index in [4.69, 9.17) is 15.3 Å². The minimum atomic E-state index is -3.69. The van der Waals surface area contributed by atoms with E-state index in [1.165, 1.54) is 0 Å². The molecule has 1 heterocycles. The van der Waals surface area contributed by atoms with E-state index < -0.39 is 31.0 Å². The molecule has 82 valence electrons. The van der Waals surface area contributed by atoms with Crippen molar-refractivity contribution in [3.63, 3.8) is 0 Å². The fraction of sp³-hybridized carbons (Fsp3) is 1.00. The molecule has 0 aromatic heterocycles. The van der Waals surface area contributed by atoms with Crippen molar-refractivity contribution in [1.29, 1.82) is 0 Å². The summed E-state index contributed by atoms with van der Waals surface area (Å²) in [6.45, 7) is -0.742. The number of alkyl halides is 2. The number of hydrogen-bond donors (Lipinski definition) is 3. The average molecular weight is 282 g/mol. The van der Waals surface area contributed by atoms with Crippen molar-refractivity contribution >= 4 is 19.8 Å². The van der Waals surface area contributed by atoms with E-state index >= 15 is 0 Å². The molecular formula is C5H9F2O4PSTi. The Balaban J connectivity index is 0. The molecule has 0 amide bonds. The molecule has 4 nitrogen and oxygen atoms in total. The van der Waals surface area contributed by atoms with Crippen LogP contribution in [-0.2, 0) is 38.3 Å². The Morgan fingerprint density at radius 2 is 1.79 bits per heavy atom. The predicted molar refractivity (Wildman–Crippen MR) is 44.6 cm³/mol. The fourth-order valence-corrected chi connectivity index (χ4v) is 0.868. The van der Waals surface area contributed by atoms with Crippen LogP contribution in [0.15, 0.2) is 0 Å².